The number of carbonyl (C=O) groups excluding carboxylic acids is 2. The van der Waals surface area contributed by atoms with Gasteiger partial charge in [0.15, 0.2) is 10.2 Å². The summed E-state index contributed by atoms with van der Waals surface area (Å²) >= 11 is 1.28. The number of aromatic amines is 1. The van der Waals surface area contributed by atoms with Gasteiger partial charge in [-0.3, -0.25) is 4.79 Å². The van der Waals surface area contributed by atoms with Crippen LogP contribution in [0.3, 0.4) is 0 Å². The molecule has 1 saturated heterocycles. The molecule has 0 spiro atoms. The van der Waals surface area contributed by atoms with Gasteiger partial charge in [-0.1, -0.05) is 0 Å². The molecule has 0 atom stereocenters. The predicted molar refractivity (Wildman–Crippen MR) is 121 cm³/mol. The van der Waals surface area contributed by atoms with Gasteiger partial charge in [-0.15, -0.1) is 11.3 Å². The van der Waals surface area contributed by atoms with Crippen molar-refractivity contribution in [1.29, 1.82) is 0 Å². The molecule has 0 saturated carbocycles. The second-order valence-corrected chi connectivity index (χ2v) is 10.5. The zero-order valence-corrected chi connectivity index (χ0v) is 20.0. The van der Waals surface area contributed by atoms with Crippen molar-refractivity contribution in [1.82, 2.24) is 23.8 Å². The highest BCUT2D eigenvalue weighted by atomic mass is 32.2. The van der Waals surface area contributed by atoms with Crippen LogP contribution in [0.4, 0.5) is 5.13 Å². The summed E-state index contributed by atoms with van der Waals surface area (Å²) in [5.41, 5.74) is 1.64. The third kappa shape index (κ3) is 4.70. The topological polar surface area (TPSA) is 139 Å². The molecule has 2 N–H and O–H groups in total. The van der Waals surface area contributed by atoms with E-state index in [4.69, 9.17) is 0 Å². The van der Waals surface area contributed by atoms with E-state index in [1.54, 1.807) is 36.2 Å². The van der Waals surface area contributed by atoms with E-state index >= 15 is 0 Å². The van der Waals surface area contributed by atoms with Crippen molar-refractivity contribution < 1.29 is 22.7 Å². The normalized spacial score (nSPS) is 15.5. The Bertz CT molecular complexity index is 1260. The number of rotatable bonds is 6. The van der Waals surface area contributed by atoms with Gasteiger partial charge < -0.3 is 19.6 Å². The van der Waals surface area contributed by atoms with Crippen LogP contribution in [-0.4, -0.2) is 64.3 Å². The van der Waals surface area contributed by atoms with Gasteiger partial charge in [0.25, 0.3) is 10.0 Å². The number of H-pyrrole nitrogens is 1. The summed E-state index contributed by atoms with van der Waals surface area (Å²) in [5.74, 6) is -0.359. The monoisotopic (exact) mass is 492 g/mol. The third-order valence-electron chi connectivity index (χ3n) is 5.63. The minimum Gasteiger partial charge on any atom is -0.464 e. The number of ether oxygens (including phenoxy) is 1. The molecule has 3 aromatic rings. The molecule has 4 rings (SSSR count). The molecule has 0 bridgehead atoms. The number of esters is 1. The van der Waals surface area contributed by atoms with Gasteiger partial charge in [-0.25, -0.2) is 23.2 Å². The minimum atomic E-state index is -3.68. The number of carbonyl (C=O) groups is 2. The number of methoxy groups -OCH3 is 1. The molecule has 11 nitrogen and oxygen atoms in total. The van der Waals surface area contributed by atoms with Crippen LogP contribution < -0.4 is 5.32 Å². The second kappa shape index (κ2) is 9.08. The third-order valence-corrected chi connectivity index (χ3v) is 8.16. The maximum atomic E-state index is 12.8. The number of aryl methyl sites for hydroxylation is 2. The number of sulfonamides is 1. The number of nitrogens with zero attached hydrogens (tertiary/aromatic N) is 4. The molecule has 1 aliphatic rings. The predicted octanol–water partition coefficient (Wildman–Crippen LogP) is 2.01. The van der Waals surface area contributed by atoms with Gasteiger partial charge >= 0.3 is 5.97 Å². The lowest BCUT2D eigenvalue weighted by Crippen LogP contribution is -2.41. The fraction of sp³-hybridized carbons (Fsp3) is 0.400. The van der Waals surface area contributed by atoms with Crippen LogP contribution in [0.2, 0.25) is 0 Å². The summed E-state index contributed by atoms with van der Waals surface area (Å²) in [6.07, 6.45) is 3.97. The Morgan fingerprint density at radius 1 is 1.27 bits per heavy atom. The Morgan fingerprint density at radius 2 is 2.00 bits per heavy atom. The Kier molecular flexibility index (Phi) is 6.36. The highest BCUT2D eigenvalue weighted by Gasteiger charge is 2.33. The number of anilines is 1. The summed E-state index contributed by atoms with van der Waals surface area (Å²) in [7, 11) is -0.631. The summed E-state index contributed by atoms with van der Waals surface area (Å²) in [6.45, 7) is 2.24. The lowest BCUT2D eigenvalue weighted by molar-refractivity contribution is -0.120. The number of thiazole rings is 1. The van der Waals surface area contributed by atoms with Crippen LogP contribution in [0.25, 0.3) is 11.3 Å². The van der Waals surface area contributed by atoms with Gasteiger partial charge in [0, 0.05) is 49.4 Å². The maximum absolute atomic E-state index is 12.8. The van der Waals surface area contributed by atoms with Crippen molar-refractivity contribution in [2.45, 2.75) is 24.8 Å². The van der Waals surface area contributed by atoms with Gasteiger partial charge in [0.2, 0.25) is 5.91 Å². The zero-order valence-electron chi connectivity index (χ0n) is 18.4. The summed E-state index contributed by atoms with van der Waals surface area (Å²) < 4.78 is 33.4. The summed E-state index contributed by atoms with van der Waals surface area (Å²) in [4.78, 5) is 35.7. The number of nitrogens with one attached hydrogen (secondary N) is 2. The molecule has 1 fully saturated rings. The Morgan fingerprint density at radius 3 is 2.64 bits per heavy atom. The van der Waals surface area contributed by atoms with E-state index in [-0.39, 0.29) is 29.9 Å². The zero-order chi connectivity index (χ0) is 23.8. The van der Waals surface area contributed by atoms with Gasteiger partial charge in [0.1, 0.15) is 11.5 Å². The van der Waals surface area contributed by atoms with Crippen molar-refractivity contribution in [2.24, 2.45) is 13.0 Å². The van der Waals surface area contributed by atoms with Crippen molar-refractivity contribution in [2.75, 3.05) is 25.5 Å². The van der Waals surface area contributed by atoms with Crippen molar-refractivity contribution >= 4 is 38.4 Å². The van der Waals surface area contributed by atoms with E-state index in [2.05, 4.69) is 25.0 Å². The number of hydrogen-bond acceptors (Lipinski definition) is 8. The van der Waals surface area contributed by atoms with E-state index in [1.807, 2.05) is 0 Å². The second-order valence-electron chi connectivity index (χ2n) is 7.74. The molecule has 176 valence electrons. The molecule has 0 unspecified atom stereocenters. The van der Waals surface area contributed by atoms with Crippen LogP contribution >= 0.6 is 11.3 Å². The van der Waals surface area contributed by atoms with E-state index in [9.17, 15) is 18.0 Å². The quantitative estimate of drug-likeness (QED) is 0.502. The molecule has 0 aliphatic carbocycles. The molecular weight excluding hydrogens is 468 g/mol. The smallest absolute Gasteiger partial charge is 0.354 e. The van der Waals surface area contributed by atoms with E-state index in [0.29, 0.717) is 40.7 Å². The van der Waals surface area contributed by atoms with Crippen LogP contribution in [0.5, 0.6) is 0 Å². The van der Waals surface area contributed by atoms with Crippen LogP contribution in [-0.2, 0) is 26.6 Å². The van der Waals surface area contributed by atoms with E-state index in [1.165, 1.54) is 28.9 Å². The molecule has 1 amide bonds. The van der Waals surface area contributed by atoms with E-state index < -0.39 is 16.0 Å². The van der Waals surface area contributed by atoms with Gasteiger partial charge in [-0.2, -0.15) is 4.31 Å². The van der Waals surface area contributed by atoms with Crippen LogP contribution in [0.15, 0.2) is 28.9 Å². The SMILES string of the molecule is COC(=O)c1cc(-c2csc(NC(=O)C3CCN(S(=O)(=O)c4cn(C)c(C)n4)CC3)n2)c[nH]1. The first-order chi connectivity index (χ1) is 15.7. The lowest BCUT2D eigenvalue weighted by Gasteiger charge is -2.29. The van der Waals surface area contributed by atoms with Crippen LogP contribution in [0.1, 0.15) is 29.2 Å². The highest BCUT2D eigenvalue weighted by Crippen LogP contribution is 2.28. The molecular formula is C20H24N6O5S2. The Labute approximate surface area is 194 Å². The average molecular weight is 493 g/mol. The summed E-state index contributed by atoms with van der Waals surface area (Å²) in [6, 6.07) is 1.63. The van der Waals surface area contributed by atoms with Crippen molar-refractivity contribution in [3.8, 4) is 11.3 Å². The Hall–Kier alpha value is -3.03. The maximum Gasteiger partial charge on any atom is 0.354 e. The molecule has 13 heteroatoms. The standard InChI is InChI=1S/C20H24N6O5S2/c1-12-22-17(10-25(12)2)33(29,30)26-6-4-13(5-7-26)18(27)24-20-23-16(11-32-20)14-8-15(21-9-14)19(28)31-3/h8-11,13,21H,4-7H2,1-3H3,(H,23,24,27). The number of imidazole rings is 1. The first kappa shape index (κ1) is 23.1. The number of amides is 1. The van der Waals surface area contributed by atoms with Crippen LogP contribution in [0, 0.1) is 12.8 Å². The van der Waals surface area contributed by atoms with Crippen molar-refractivity contribution in [3.05, 3.63) is 35.4 Å². The van der Waals surface area contributed by atoms with Gasteiger partial charge in [0.05, 0.1) is 12.8 Å². The number of aromatic nitrogens is 4. The molecule has 3 aromatic heterocycles. The van der Waals surface area contributed by atoms with Crippen molar-refractivity contribution in [3.63, 3.8) is 0 Å². The average Bonchev–Trinajstić information content (AvgIpc) is 3.54. The summed E-state index contributed by atoms with van der Waals surface area (Å²) in [5, 5.41) is 5.07. The Balaban J connectivity index is 1.35. The fourth-order valence-electron chi connectivity index (χ4n) is 3.58. The lowest BCUT2D eigenvalue weighted by atomic mass is 9.97. The first-order valence-corrected chi connectivity index (χ1v) is 12.5. The molecule has 33 heavy (non-hydrogen) atoms. The molecule has 4 heterocycles. The molecule has 1 aliphatic heterocycles. The minimum absolute atomic E-state index is 0.0285. The number of piperidine rings is 1. The van der Waals surface area contributed by atoms with E-state index in [0.717, 1.165) is 0 Å². The highest BCUT2D eigenvalue weighted by molar-refractivity contribution is 7.89. The fourth-order valence-corrected chi connectivity index (χ4v) is 5.80. The molecule has 0 aromatic carbocycles. The largest absolute Gasteiger partial charge is 0.464 e. The molecule has 0 radical (unpaired) electrons. The van der Waals surface area contributed by atoms with Gasteiger partial charge in [-0.05, 0) is 25.8 Å². The number of hydrogen-bond donors (Lipinski definition) is 2. The first-order valence-electron chi connectivity index (χ1n) is 10.2.